The number of nitrogens with zero attached hydrogens (tertiary/aromatic N) is 5. The van der Waals surface area contributed by atoms with Crippen LogP contribution in [-0.4, -0.2) is 82.8 Å². The summed E-state index contributed by atoms with van der Waals surface area (Å²) in [7, 11) is 0. The number of carbonyl (C=O) groups is 3. The fourth-order valence-electron chi connectivity index (χ4n) is 3.61. The summed E-state index contributed by atoms with van der Waals surface area (Å²) in [4.78, 5) is 39.1. The van der Waals surface area contributed by atoms with Crippen molar-refractivity contribution >= 4 is 18.1 Å². The number of carboxylic acid groups (broad SMARTS) is 2. The van der Waals surface area contributed by atoms with Crippen molar-refractivity contribution in [2.45, 2.75) is 83.7 Å². The maximum Gasteiger partial charge on any atom is 0.408 e. The Bertz CT molecular complexity index is 826. The Hall–Kier alpha value is -2.89. The molecule has 1 aromatic rings. The van der Waals surface area contributed by atoms with E-state index in [-0.39, 0.29) is 31.5 Å². The summed E-state index contributed by atoms with van der Waals surface area (Å²) < 4.78 is 0. The van der Waals surface area contributed by atoms with E-state index in [1.54, 1.807) is 41.5 Å². The second kappa shape index (κ2) is 8.69. The smallest absolute Gasteiger partial charge is 0.408 e. The molecule has 0 radical (unpaired) electrons. The minimum Gasteiger partial charge on any atom is -0.465 e. The lowest BCUT2D eigenvalue weighted by Gasteiger charge is -2.40. The molecular formula is C19H33N7O5. The summed E-state index contributed by atoms with van der Waals surface area (Å²) in [5.74, 6) is -0.240. The van der Waals surface area contributed by atoms with Crippen LogP contribution < -0.4 is 11.1 Å². The number of carbonyl (C=O) groups excluding carboxylic acids is 1. The molecule has 1 aliphatic rings. The highest BCUT2D eigenvalue weighted by atomic mass is 16.4. The first kappa shape index (κ1) is 24.4. The molecule has 2 rings (SSSR count). The normalized spacial score (nSPS) is 19.9. The molecule has 2 heterocycles. The molecule has 5 N–H and O–H groups in total. The summed E-state index contributed by atoms with van der Waals surface area (Å²) in [5.41, 5.74) is 4.73. The van der Waals surface area contributed by atoms with Gasteiger partial charge in [0, 0.05) is 17.6 Å². The van der Waals surface area contributed by atoms with Crippen LogP contribution in [0.2, 0.25) is 0 Å². The van der Waals surface area contributed by atoms with Crippen molar-refractivity contribution in [1.82, 2.24) is 30.1 Å². The maximum absolute atomic E-state index is 12.1. The van der Waals surface area contributed by atoms with Crippen molar-refractivity contribution in [3.8, 4) is 0 Å². The lowest BCUT2D eigenvalue weighted by atomic mass is 9.98. The quantitative estimate of drug-likeness (QED) is 0.458. The van der Waals surface area contributed by atoms with Gasteiger partial charge in [0.05, 0.1) is 24.8 Å². The van der Waals surface area contributed by atoms with Crippen LogP contribution in [0.4, 0.5) is 9.59 Å². The van der Waals surface area contributed by atoms with E-state index in [1.807, 2.05) is 0 Å². The lowest BCUT2D eigenvalue weighted by molar-refractivity contribution is -0.130. The summed E-state index contributed by atoms with van der Waals surface area (Å²) in [6.45, 7) is 11.0. The molecule has 174 valence electrons. The Labute approximate surface area is 181 Å². The van der Waals surface area contributed by atoms with Gasteiger partial charge in [-0.05, 0) is 48.0 Å². The molecule has 12 nitrogen and oxygen atoms in total. The third-order valence-corrected chi connectivity index (χ3v) is 5.23. The molecule has 1 fully saturated rings. The monoisotopic (exact) mass is 439 g/mol. The Morgan fingerprint density at radius 1 is 1.19 bits per heavy atom. The van der Waals surface area contributed by atoms with E-state index in [4.69, 9.17) is 5.73 Å². The highest BCUT2D eigenvalue weighted by Crippen LogP contribution is 2.31. The first-order valence-corrected chi connectivity index (χ1v) is 10.1. The fraction of sp³-hybridized carbons (Fsp3) is 0.737. The first-order valence-electron chi connectivity index (χ1n) is 10.1. The molecule has 1 aromatic heterocycles. The zero-order valence-electron chi connectivity index (χ0n) is 18.9. The third-order valence-electron chi connectivity index (χ3n) is 5.23. The molecule has 3 amide bonds. The molecule has 31 heavy (non-hydrogen) atoms. The van der Waals surface area contributed by atoms with Crippen LogP contribution in [0.3, 0.4) is 0 Å². The number of amides is 3. The minimum atomic E-state index is -1.14. The Morgan fingerprint density at radius 2 is 1.81 bits per heavy atom. The molecule has 0 saturated carbocycles. The molecule has 1 saturated heterocycles. The van der Waals surface area contributed by atoms with E-state index in [0.29, 0.717) is 5.69 Å². The van der Waals surface area contributed by atoms with Crippen LogP contribution in [0, 0.1) is 0 Å². The second-order valence-corrected chi connectivity index (χ2v) is 9.70. The Balaban J connectivity index is 2.31. The van der Waals surface area contributed by atoms with Crippen LogP contribution in [0.1, 0.15) is 59.7 Å². The minimum absolute atomic E-state index is 0.111. The topological polar surface area (TPSA) is 167 Å². The van der Waals surface area contributed by atoms with Crippen LogP contribution >= 0.6 is 0 Å². The van der Waals surface area contributed by atoms with Gasteiger partial charge in [-0.2, -0.15) is 15.0 Å². The number of rotatable bonds is 7. The number of nitrogens with one attached hydrogen (secondary N) is 1. The molecule has 0 aromatic carbocycles. The lowest BCUT2D eigenvalue weighted by Crippen LogP contribution is -2.68. The first-order chi connectivity index (χ1) is 14.1. The number of hydrogen-bond donors (Lipinski definition) is 4. The van der Waals surface area contributed by atoms with Crippen LogP contribution in [0.15, 0.2) is 6.20 Å². The van der Waals surface area contributed by atoms with Gasteiger partial charge in [-0.25, -0.2) is 9.59 Å². The Kier molecular flexibility index (Phi) is 6.84. The highest BCUT2D eigenvalue weighted by molar-refractivity contribution is 5.88. The van der Waals surface area contributed by atoms with Gasteiger partial charge in [0.2, 0.25) is 5.91 Å². The molecule has 0 unspecified atom stereocenters. The average molecular weight is 440 g/mol. The largest absolute Gasteiger partial charge is 0.465 e. The summed E-state index contributed by atoms with van der Waals surface area (Å²) in [5, 5.41) is 30.8. The van der Waals surface area contributed by atoms with Crippen molar-refractivity contribution < 1.29 is 24.6 Å². The maximum atomic E-state index is 12.1. The zero-order valence-corrected chi connectivity index (χ0v) is 18.9. The van der Waals surface area contributed by atoms with Gasteiger partial charge >= 0.3 is 12.2 Å². The highest BCUT2D eigenvalue weighted by Gasteiger charge is 2.39. The zero-order chi connectivity index (χ0) is 23.7. The molecule has 3 atom stereocenters. The van der Waals surface area contributed by atoms with E-state index in [9.17, 15) is 24.6 Å². The van der Waals surface area contributed by atoms with Gasteiger partial charge in [-0.3, -0.25) is 9.69 Å². The van der Waals surface area contributed by atoms with Crippen molar-refractivity contribution in [2.24, 2.45) is 5.73 Å². The molecule has 0 spiro atoms. The van der Waals surface area contributed by atoms with E-state index in [1.165, 1.54) is 20.8 Å². The second-order valence-electron chi connectivity index (χ2n) is 9.70. The van der Waals surface area contributed by atoms with E-state index in [2.05, 4.69) is 15.5 Å². The molecule has 12 heteroatoms. The van der Waals surface area contributed by atoms with Crippen molar-refractivity contribution in [3.63, 3.8) is 0 Å². The predicted octanol–water partition coefficient (Wildman–Crippen LogP) is 1.09. The van der Waals surface area contributed by atoms with Crippen molar-refractivity contribution in [2.75, 3.05) is 6.54 Å². The van der Waals surface area contributed by atoms with E-state index in [0.717, 1.165) is 0 Å². The average Bonchev–Trinajstić information content (AvgIpc) is 3.05. The van der Waals surface area contributed by atoms with E-state index < -0.39 is 35.3 Å². The van der Waals surface area contributed by atoms with E-state index >= 15 is 0 Å². The summed E-state index contributed by atoms with van der Waals surface area (Å²) >= 11 is 0. The van der Waals surface area contributed by atoms with Crippen molar-refractivity contribution in [1.29, 1.82) is 0 Å². The number of β-lactam (4-membered cyclic amide) rings is 1. The molecular weight excluding hydrogens is 406 g/mol. The predicted molar refractivity (Wildman–Crippen MR) is 111 cm³/mol. The Morgan fingerprint density at radius 3 is 2.23 bits per heavy atom. The van der Waals surface area contributed by atoms with Gasteiger partial charge in [0.25, 0.3) is 0 Å². The van der Waals surface area contributed by atoms with Crippen LogP contribution in [-0.2, 0) is 11.3 Å². The number of aromatic nitrogens is 3. The fourth-order valence-corrected chi connectivity index (χ4v) is 3.61. The van der Waals surface area contributed by atoms with Gasteiger partial charge in [-0.15, -0.1) is 0 Å². The third kappa shape index (κ3) is 5.63. The number of nitrogens with two attached hydrogens (primary N) is 1. The molecule has 0 aliphatic carbocycles. The SMILES string of the molecule is CC(C)(C)N(CC[C@@H](c1cnn(C[C@H]2NC(=O)[C@H]2N)n1)N(C(=O)O)C(C)(C)C)C(=O)O. The number of hydrogen-bond acceptors (Lipinski definition) is 6. The van der Waals surface area contributed by atoms with Gasteiger partial charge in [-0.1, -0.05) is 0 Å². The summed E-state index contributed by atoms with van der Waals surface area (Å²) in [6.07, 6.45) is -0.549. The van der Waals surface area contributed by atoms with Gasteiger partial charge in [0.15, 0.2) is 0 Å². The summed E-state index contributed by atoms with van der Waals surface area (Å²) in [6, 6.07) is -1.65. The van der Waals surface area contributed by atoms with Gasteiger partial charge < -0.3 is 26.2 Å². The van der Waals surface area contributed by atoms with Crippen molar-refractivity contribution in [3.05, 3.63) is 11.9 Å². The van der Waals surface area contributed by atoms with Crippen LogP contribution in [0.25, 0.3) is 0 Å². The van der Waals surface area contributed by atoms with Crippen LogP contribution in [0.5, 0.6) is 0 Å². The molecule has 0 bridgehead atoms. The standard InChI is InChI=1S/C19H33N7O5/c1-18(2,3)24(16(28)29)8-7-13(26(17(30)31)19(4,5)6)11-9-21-25(23-11)10-12-14(20)15(27)22-12/h9,12-14H,7-8,10,20H2,1-6H3,(H,22,27)(H,28,29)(H,30,31)/t12-,13+,14+/m1/s1. The molecule has 1 aliphatic heterocycles. The van der Waals surface area contributed by atoms with Gasteiger partial charge in [0.1, 0.15) is 11.7 Å².